The molecule has 4 aromatic rings. The molecule has 0 heterocycles. The minimum Gasteiger partial charge on any atom is -0.506 e. The molecule has 4 aromatic carbocycles. The summed E-state index contributed by atoms with van der Waals surface area (Å²) in [7, 11) is 0. The lowest BCUT2D eigenvalue weighted by Crippen LogP contribution is -2.18. The number of halogens is 4. The molecule has 0 aliphatic rings. The van der Waals surface area contributed by atoms with Crippen LogP contribution in [0.15, 0.2) is 90.7 Å². The largest absolute Gasteiger partial charge is 0.506 e. The quantitative estimate of drug-likeness (QED) is 0.223. The highest BCUT2D eigenvalue weighted by Crippen LogP contribution is 2.40. The van der Waals surface area contributed by atoms with Gasteiger partial charge < -0.3 is 10.2 Å². The molecular weight excluding hydrogens is 676 g/mol. The molecule has 2 N–H and O–H groups in total. The van der Waals surface area contributed by atoms with E-state index in [0.717, 1.165) is 22.3 Å². The number of hydrogen-bond donors (Lipinski definition) is 2. The second-order valence-electron chi connectivity index (χ2n) is 8.36. The summed E-state index contributed by atoms with van der Waals surface area (Å²) >= 11 is 13.6. The number of rotatable bonds is 4. The first kappa shape index (κ1) is 24.5. The van der Waals surface area contributed by atoms with Crippen LogP contribution in [0.1, 0.15) is 25.0 Å². The molecule has 0 fully saturated rings. The van der Waals surface area contributed by atoms with Crippen LogP contribution in [0.2, 0.25) is 0 Å². The number of hydrogen-bond acceptors (Lipinski definition) is 2. The molecule has 0 aromatic heterocycles. The fraction of sp³-hybridized carbons (Fsp3) is 0.111. The van der Waals surface area contributed by atoms with Gasteiger partial charge in [-0.3, -0.25) is 0 Å². The van der Waals surface area contributed by atoms with E-state index in [9.17, 15) is 10.2 Å². The minimum atomic E-state index is -0.177. The Morgan fingerprint density at radius 1 is 0.485 bits per heavy atom. The van der Waals surface area contributed by atoms with Crippen molar-refractivity contribution in [3.63, 3.8) is 0 Å². The third-order valence-corrected chi connectivity index (χ3v) is 8.33. The molecule has 0 atom stereocenters. The molecule has 0 spiro atoms. The van der Waals surface area contributed by atoms with E-state index in [-0.39, 0.29) is 16.9 Å². The molecule has 0 amide bonds. The highest BCUT2D eigenvalue weighted by molar-refractivity contribution is 9.11. The molecule has 0 aliphatic heterocycles. The Morgan fingerprint density at radius 3 is 1.03 bits per heavy atom. The molecule has 33 heavy (non-hydrogen) atoms. The Morgan fingerprint density at radius 2 is 0.758 bits per heavy atom. The van der Waals surface area contributed by atoms with E-state index in [1.165, 1.54) is 11.1 Å². The molecule has 0 radical (unpaired) electrons. The van der Waals surface area contributed by atoms with E-state index in [2.05, 4.69) is 126 Å². The zero-order valence-corrected chi connectivity index (χ0v) is 24.2. The van der Waals surface area contributed by atoms with E-state index in [1.807, 2.05) is 24.3 Å². The summed E-state index contributed by atoms with van der Waals surface area (Å²) in [4.78, 5) is 0. The normalized spacial score (nSPS) is 11.6. The van der Waals surface area contributed by atoms with Crippen molar-refractivity contribution >= 4 is 63.7 Å². The van der Waals surface area contributed by atoms with Gasteiger partial charge in [-0.25, -0.2) is 0 Å². The average Bonchev–Trinajstić information content (AvgIpc) is 2.80. The minimum absolute atomic E-state index is 0.177. The summed E-state index contributed by atoms with van der Waals surface area (Å²) in [5, 5.41) is 20.0. The monoisotopic (exact) mass is 692 g/mol. The summed E-state index contributed by atoms with van der Waals surface area (Å²) in [6, 6.07) is 24.8. The lowest BCUT2D eigenvalue weighted by atomic mass is 9.77. The Hall–Kier alpha value is -1.60. The molecule has 0 aliphatic carbocycles. The van der Waals surface area contributed by atoms with Gasteiger partial charge in [0.1, 0.15) is 11.5 Å². The molecular formula is C27H20Br4O2. The zero-order chi connectivity index (χ0) is 23.9. The Kier molecular flexibility index (Phi) is 7.11. The fourth-order valence-electron chi connectivity index (χ4n) is 3.79. The van der Waals surface area contributed by atoms with Crippen LogP contribution in [0, 0.1) is 0 Å². The first-order valence-corrected chi connectivity index (χ1v) is 13.3. The van der Waals surface area contributed by atoms with Crippen molar-refractivity contribution in [1.82, 2.24) is 0 Å². The van der Waals surface area contributed by atoms with Gasteiger partial charge in [0.15, 0.2) is 0 Å². The van der Waals surface area contributed by atoms with Crippen molar-refractivity contribution < 1.29 is 10.2 Å². The van der Waals surface area contributed by atoms with Gasteiger partial charge in [0.25, 0.3) is 0 Å². The third-order valence-electron chi connectivity index (χ3n) is 5.91. The van der Waals surface area contributed by atoms with Gasteiger partial charge in [0.05, 0.1) is 17.9 Å². The maximum Gasteiger partial charge on any atom is 0.143 e. The predicted octanol–water partition coefficient (Wildman–Crippen LogP) is 9.81. The van der Waals surface area contributed by atoms with Crippen molar-refractivity contribution in [3.05, 3.63) is 102 Å². The molecule has 0 saturated heterocycles. The Labute approximate surface area is 227 Å². The average molecular weight is 696 g/mol. The van der Waals surface area contributed by atoms with Crippen molar-refractivity contribution in [2.75, 3.05) is 0 Å². The second-order valence-corrected chi connectivity index (χ2v) is 11.8. The molecule has 2 nitrogen and oxygen atoms in total. The molecule has 4 rings (SSSR count). The SMILES string of the molecule is CC(C)(c1ccc(-c2cc(Br)c(O)c(Br)c2)cc1)c1ccc(-c2cc(Br)c(O)c(Br)c2)cc1. The van der Waals surface area contributed by atoms with E-state index < -0.39 is 0 Å². The van der Waals surface area contributed by atoms with Crippen LogP contribution in [0.5, 0.6) is 11.5 Å². The van der Waals surface area contributed by atoms with Crippen LogP contribution < -0.4 is 0 Å². The Balaban J connectivity index is 1.62. The zero-order valence-electron chi connectivity index (χ0n) is 17.8. The number of benzene rings is 4. The molecule has 0 bridgehead atoms. The van der Waals surface area contributed by atoms with Crippen LogP contribution in [0.4, 0.5) is 0 Å². The fourth-order valence-corrected chi connectivity index (χ4v) is 6.16. The standard InChI is InChI=1S/C27H20Br4O2/c1-27(2,19-7-3-15(4-8-19)17-11-21(28)25(32)22(29)12-17)20-9-5-16(6-10-20)18-13-23(30)26(33)24(31)14-18/h3-14,32-33H,1-2H3. The molecule has 0 saturated carbocycles. The van der Waals surface area contributed by atoms with Crippen molar-refractivity contribution in [2.24, 2.45) is 0 Å². The van der Waals surface area contributed by atoms with Crippen molar-refractivity contribution in [3.8, 4) is 33.8 Å². The summed E-state index contributed by atoms with van der Waals surface area (Å²) in [5.74, 6) is 0.402. The second kappa shape index (κ2) is 9.57. The van der Waals surface area contributed by atoms with Gasteiger partial charge in [0.2, 0.25) is 0 Å². The summed E-state index contributed by atoms with van der Waals surface area (Å²) in [5.41, 5.74) is 6.45. The lowest BCUT2D eigenvalue weighted by Gasteiger charge is -2.26. The smallest absolute Gasteiger partial charge is 0.143 e. The van der Waals surface area contributed by atoms with Crippen molar-refractivity contribution in [1.29, 1.82) is 0 Å². The summed E-state index contributed by atoms with van der Waals surface area (Å²) in [6.07, 6.45) is 0. The molecule has 6 heteroatoms. The highest BCUT2D eigenvalue weighted by atomic mass is 79.9. The Bertz CT molecular complexity index is 1180. The predicted molar refractivity (Wildman–Crippen MR) is 150 cm³/mol. The van der Waals surface area contributed by atoms with Crippen LogP contribution in [-0.4, -0.2) is 10.2 Å². The van der Waals surface area contributed by atoms with Gasteiger partial charge >= 0.3 is 0 Å². The van der Waals surface area contributed by atoms with Crippen LogP contribution in [0.3, 0.4) is 0 Å². The first-order chi connectivity index (χ1) is 15.6. The van der Waals surface area contributed by atoms with E-state index in [4.69, 9.17) is 0 Å². The first-order valence-electron chi connectivity index (χ1n) is 10.2. The molecule has 0 unspecified atom stereocenters. The van der Waals surface area contributed by atoms with E-state index in [1.54, 1.807) is 0 Å². The number of aromatic hydroxyl groups is 2. The molecule has 168 valence electrons. The third kappa shape index (κ3) is 4.95. The summed E-state index contributed by atoms with van der Waals surface area (Å²) < 4.78 is 2.63. The van der Waals surface area contributed by atoms with Gasteiger partial charge in [-0.2, -0.15) is 0 Å². The number of phenolic OH excluding ortho intramolecular Hbond substituents is 2. The summed E-state index contributed by atoms with van der Waals surface area (Å²) in [6.45, 7) is 4.44. The van der Waals surface area contributed by atoms with Crippen LogP contribution in [-0.2, 0) is 5.41 Å². The number of phenols is 2. The van der Waals surface area contributed by atoms with Gasteiger partial charge in [-0.1, -0.05) is 62.4 Å². The van der Waals surface area contributed by atoms with E-state index in [0.29, 0.717) is 17.9 Å². The van der Waals surface area contributed by atoms with E-state index >= 15 is 0 Å². The van der Waals surface area contributed by atoms with Gasteiger partial charge in [-0.15, -0.1) is 0 Å². The maximum atomic E-state index is 9.98. The lowest BCUT2D eigenvalue weighted by molar-refractivity contribution is 0.468. The van der Waals surface area contributed by atoms with Crippen LogP contribution >= 0.6 is 63.7 Å². The van der Waals surface area contributed by atoms with Crippen molar-refractivity contribution in [2.45, 2.75) is 19.3 Å². The highest BCUT2D eigenvalue weighted by Gasteiger charge is 2.23. The van der Waals surface area contributed by atoms with Gasteiger partial charge in [0, 0.05) is 5.41 Å². The maximum absolute atomic E-state index is 9.98. The van der Waals surface area contributed by atoms with Crippen LogP contribution in [0.25, 0.3) is 22.3 Å². The van der Waals surface area contributed by atoms with Gasteiger partial charge in [-0.05, 0) is 121 Å². The topological polar surface area (TPSA) is 40.5 Å².